The lowest BCUT2D eigenvalue weighted by molar-refractivity contribution is 0.102. The van der Waals surface area contributed by atoms with E-state index in [0.717, 1.165) is 42.4 Å². The maximum atomic E-state index is 12.6. The number of ketones is 1. The van der Waals surface area contributed by atoms with Gasteiger partial charge in [-0.3, -0.25) is 4.79 Å². The van der Waals surface area contributed by atoms with Gasteiger partial charge in [0.05, 0.1) is 11.4 Å². The highest BCUT2D eigenvalue weighted by molar-refractivity contribution is 6.09. The number of hydrogen-bond acceptors (Lipinski definition) is 3. The second kappa shape index (κ2) is 7.28. The fraction of sp³-hybridized carbons (Fsp3) is 0.292. The number of aromatic amines is 1. The number of Topliss-reactive ketones (excluding diaryl/α,β-unsaturated/α-hetero) is 1. The Morgan fingerprint density at radius 3 is 2.57 bits per heavy atom. The summed E-state index contributed by atoms with van der Waals surface area (Å²) in [5, 5.41) is 4.60. The average molecular weight is 374 g/mol. The van der Waals surface area contributed by atoms with Gasteiger partial charge in [0.25, 0.3) is 0 Å². The van der Waals surface area contributed by atoms with Crippen LogP contribution in [0, 0.1) is 0 Å². The highest BCUT2D eigenvalue weighted by atomic mass is 16.1. The number of hydrogen-bond donors (Lipinski definition) is 3. The summed E-state index contributed by atoms with van der Waals surface area (Å²) in [6.07, 6.45) is 2.11. The Balaban J connectivity index is 1.72. The Bertz CT molecular complexity index is 1040. The summed E-state index contributed by atoms with van der Waals surface area (Å²) in [5.74, 6) is -0.140. The van der Waals surface area contributed by atoms with E-state index in [-0.39, 0.29) is 11.2 Å². The number of nitrogens with two attached hydrogens (primary N) is 1. The van der Waals surface area contributed by atoms with Crippen LogP contribution < -0.4 is 11.1 Å². The van der Waals surface area contributed by atoms with E-state index in [1.54, 1.807) is 0 Å². The van der Waals surface area contributed by atoms with Crippen molar-refractivity contribution in [3.05, 3.63) is 82.7 Å². The molecule has 1 unspecified atom stereocenters. The highest BCUT2D eigenvalue weighted by Gasteiger charge is 2.36. The monoisotopic (exact) mass is 373 g/mol. The minimum absolute atomic E-state index is 0.0793. The number of benzene rings is 2. The Morgan fingerprint density at radius 1 is 1.11 bits per heavy atom. The molecule has 1 aliphatic heterocycles. The fourth-order valence-electron chi connectivity index (χ4n) is 4.19. The smallest absolute Gasteiger partial charge is 0.224 e. The molecule has 4 heteroatoms. The molecule has 4 N–H and O–H groups in total. The first-order valence-electron chi connectivity index (χ1n) is 9.84. The van der Waals surface area contributed by atoms with E-state index in [0.29, 0.717) is 11.4 Å². The normalized spacial score (nSPS) is 19.1. The molecule has 0 aliphatic carbocycles. The molecule has 0 saturated carbocycles. The molecule has 1 atom stereocenters. The van der Waals surface area contributed by atoms with E-state index in [1.807, 2.05) is 19.9 Å². The second-order valence-corrected chi connectivity index (χ2v) is 8.10. The molecule has 144 valence electrons. The molecule has 1 saturated heterocycles. The number of allylic oxidation sites excluding steroid dienone is 2. The van der Waals surface area contributed by atoms with E-state index in [1.165, 1.54) is 11.1 Å². The van der Waals surface area contributed by atoms with Crippen LogP contribution in [0.15, 0.2) is 65.9 Å². The Morgan fingerprint density at radius 2 is 1.89 bits per heavy atom. The summed E-state index contributed by atoms with van der Waals surface area (Å²) in [6, 6.07) is 19.1. The molecular formula is C24H27N3O. The molecule has 1 aromatic heterocycles. The van der Waals surface area contributed by atoms with Crippen LogP contribution in [-0.4, -0.2) is 23.9 Å². The SMILES string of the molecule is CC(C)=C(N)C(=O)c1cc2cc(C3(Cc4ccccc4)CCNC3)ccc2[nH]1. The topological polar surface area (TPSA) is 70.9 Å². The molecule has 0 amide bonds. The third kappa shape index (κ3) is 3.36. The molecule has 4 rings (SSSR count). The van der Waals surface area contributed by atoms with Crippen molar-refractivity contribution >= 4 is 16.7 Å². The molecule has 2 heterocycles. The van der Waals surface area contributed by atoms with Gasteiger partial charge in [0.2, 0.25) is 5.78 Å². The molecule has 2 aromatic carbocycles. The van der Waals surface area contributed by atoms with E-state index in [9.17, 15) is 4.79 Å². The van der Waals surface area contributed by atoms with Crippen molar-refractivity contribution in [1.82, 2.24) is 10.3 Å². The largest absolute Gasteiger partial charge is 0.396 e. The fourth-order valence-corrected chi connectivity index (χ4v) is 4.19. The summed E-state index contributed by atoms with van der Waals surface area (Å²) in [6.45, 7) is 5.70. The maximum Gasteiger partial charge on any atom is 0.224 e. The number of carbonyl (C=O) groups is 1. The van der Waals surface area contributed by atoms with Gasteiger partial charge in [-0.15, -0.1) is 0 Å². The van der Waals surface area contributed by atoms with Gasteiger partial charge in [-0.25, -0.2) is 0 Å². The standard InChI is InChI=1S/C24H27N3O/c1-16(2)22(25)23(28)21-13-18-12-19(8-9-20(18)27-21)24(10-11-26-15-24)14-17-6-4-3-5-7-17/h3-9,12-13,26-27H,10-11,14-15,25H2,1-2H3. The van der Waals surface area contributed by atoms with Crippen molar-refractivity contribution in [1.29, 1.82) is 0 Å². The van der Waals surface area contributed by atoms with Gasteiger partial charge in [-0.2, -0.15) is 0 Å². The van der Waals surface area contributed by atoms with Crippen LogP contribution in [0.3, 0.4) is 0 Å². The quantitative estimate of drug-likeness (QED) is 0.466. The number of nitrogens with one attached hydrogen (secondary N) is 2. The summed E-state index contributed by atoms with van der Waals surface area (Å²) in [5.41, 5.74) is 11.4. The van der Waals surface area contributed by atoms with Crippen molar-refractivity contribution < 1.29 is 4.79 Å². The third-order valence-electron chi connectivity index (χ3n) is 5.89. The van der Waals surface area contributed by atoms with Gasteiger partial charge in [0.1, 0.15) is 0 Å². The highest BCUT2D eigenvalue weighted by Crippen LogP contribution is 2.36. The molecular weight excluding hydrogens is 346 g/mol. The minimum atomic E-state index is -0.140. The number of H-pyrrole nitrogens is 1. The Hall–Kier alpha value is -2.85. The van der Waals surface area contributed by atoms with Gasteiger partial charge in [-0.05, 0) is 68.1 Å². The van der Waals surface area contributed by atoms with Crippen molar-refractivity contribution in [2.75, 3.05) is 13.1 Å². The number of aromatic nitrogens is 1. The van der Waals surface area contributed by atoms with Gasteiger partial charge >= 0.3 is 0 Å². The van der Waals surface area contributed by atoms with Crippen LogP contribution in [0.1, 0.15) is 41.9 Å². The molecule has 1 aliphatic rings. The summed E-state index contributed by atoms with van der Waals surface area (Å²) < 4.78 is 0. The Kier molecular flexibility index (Phi) is 4.82. The average Bonchev–Trinajstić information content (AvgIpc) is 3.34. The van der Waals surface area contributed by atoms with Gasteiger partial charge in [-0.1, -0.05) is 36.4 Å². The van der Waals surface area contributed by atoms with Crippen LogP contribution in [0.4, 0.5) is 0 Å². The van der Waals surface area contributed by atoms with Crippen molar-refractivity contribution in [2.24, 2.45) is 5.73 Å². The van der Waals surface area contributed by atoms with Crippen molar-refractivity contribution in [3.63, 3.8) is 0 Å². The van der Waals surface area contributed by atoms with Crippen LogP contribution in [0.5, 0.6) is 0 Å². The van der Waals surface area contributed by atoms with Gasteiger partial charge in [0.15, 0.2) is 0 Å². The summed E-state index contributed by atoms with van der Waals surface area (Å²) in [4.78, 5) is 15.8. The first kappa shape index (κ1) is 18.5. The van der Waals surface area contributed by atoms with Crippen molar-refractivity contribution in [2.45, 2.75) is 32.1 Å². The Labute approximate surface area is 165 Å². The summed E-state index contributed by atoms with van der Waals surface area (Å²) >= 11 is 0. The molecule has 0 radical (unpaired) electrons. The molecule has 3 aromatic rings. The van der Waals surface area contributed by atoms with Gasteiger partial charge in [0, 0.05) is 22.9 Å². The van der Waals surface area contributed by atoms with Crippen LogP contribution in [-0.2, 0) is 11.8 Å². The number of fused-ring (bicyclic) bond motifs is 1. The molecule has 0 bridgehead atoms. The van der Waals surface area contributed by atoms with Gasteiger partial charge < -0.3 is 16.0 Å². The predicted octanol–water partition coefficient (Wildman–Crippen LogP) is 4.08. The predicted molar refractivity (Wildman–Crippen MR) is 115 cm³/mol. The zero-order valence-corrected chi connectivity index (χ0v) is 16.5. The molecule has 28 heavy (non-hydrogen) atoms. The molecule has 0 spiro atoms. The number of rotatable bonds is 5. The first-order chi connectivity index (χ1) is 13.5. The minimum Gasteiger partial charge on any atom is -0.396 e. The van der Waals surface area contributed by atoms with Crippen LogP contribution >= 0.6 is 0 Å². The van der Waals surface area contributed by atoms with E-state index in [2.05, 4.69) is 58.8 Å². The lowest BCUT2D eigenvalue weighted by atomic mass is 9.74. The zero-order valence-electron chi connectivity index (χ0n) is 16.5. The summed E-state index contributed by atoms with van der Waals surface area (Å²) in [7, 11) is 0. The number of carbonyl (C=O) groups excluding carboxylic acids is 1. The molecule has 1 fully saturated rings. The first-order valence-corrected chi connectivity index (χ1v) is 9.84. The van der Waals surface area contributed by atoms with E-state index < -0.39 is 0 Å². The van der Waals surface area contributed by atoms with Crippen molar-refractivity contribution in [3.8, 4) is 0 Å². The lowest BCUT2D eigenvalue weighted by Crippen LogP contribution is -2.31. The lowest BCUT2D eigenvalue weighted by Gasteiger charge is -2.29. The van der Waals surface area contributed by atoms with Crippen LogP contribution in [0.25, 0.3) is 10.9 Å². The van der Waals surface area contributed by atoms with Crippen LogP contribution in [0.2, 0.25) is 0 Å². The zero-order chi connectivity index (χ0) is 19.7. The maximum absolute atomic E-state index is 12.6. The third-order valence-corrected chi connectivity index (χ3v) is 5.89. The van der Waals surface area contributed by atoms with E-state index >= 15 is 0 Å². The van der Waals surface area contributed by atoms with E-state index in [4.69, 9.17) is 5.73 Å². The molecule has 4 nitrogen and oxygen atoms in total. The second-order valence-electron chi connectivity index (χ2n) is 8.10.